The zero-order valence-corrected chi connectivity index (χ0v) is 11.4. The normalized spacial score (nSPS) is 16.7. The Labute approximate surface area is 121 Å². The molecule has 0 aliphatic carbocycles. The summed E-state index contributed by atoms with van der Waals surface area (Å²) >= 11 is 0. The van der Waals surface area contributed by atoms with Gasteiger partial charge >= 0.3 is 0 Å². The first-order chi connectivity index (χ1) is 10.1. The second-order valence-electron chi connectivity index (χ2n) is 4.89. The van der Waals surface area contributed by atoms with Crippen LogP contribution in [0.3, 0.4) is 0 Å². The Hall–Kier alpha value is -2.73. The summed E-state index contributed by atoms with van der Waals surface area (Å²) in [5, 5.41) is 10.6. The van der Waals surface area contributed by atoms with Crippen molar-refractivity contribution in [2.75, 3.05) is 0 Å². The smallest absolute Gasteiger partial charge is 0.247 e. The molecule has 3 heterocycles. The van der Waals surface area contributed by atoms with Crippen molar-refractivity contribution in [2.45, 2.75) is 13.0 Å². The van der Waals surface area contributed by atoms with Gasteiger partial charge in [-0.15, -0.1) is 0 Å². The number of amides is 1. The lowest BCUT2D eigenvalue weighted by Gasteiger charge is -2.27. The Morgan fingerprint density at radius 1 is 1.43 bits per heavy atom. The maximum Gasteiger partial charge on any atom is 0.247 e. The molecule has 0 bridgehead atoms. The Morgan fingerprint density at radius 2 is 2.24 bits per heavy atom. The molecule has 0 radical (unpaired) electrons. The fourth-order valence-electron chi connectivity index (χ4n) is 2.41. The van der Waals surface area contributed by atoms with Gasteiger partial charge in [-0.05, 0) is 36.3 Å². The highest BCUT2D eigenvalue weighted by molar-refractivity contribution is 5.84. The van der Waals surface area contributed by atoms with E-state index in [0.29, 0.717) is 11.3 Å². The van der Waals surface area contributed by atoms with Crippen molar-refractivity contribution in [1.82, 2.24) is 15.0 Å². The zero-order chi connectivity index (χ0) is 15.0. The number of hydrogen-bond acceptors (Lipinski definition) is 5. The highest BCUT2D eigenvalue weighted by atomic mass is 16.5. The molecule has 21 heavy (non-hydrogen) atoms. The van der Waals surface area contributed by atoms with Crippen LogP contribution in [0.25, 0.3) is 17.3 Å². The number of pyridine rings is 2. The molecular formula is C15H14N4O2. The number of nitrogens with zero attached hydrogens (tertiary/aromatic N) is 3. The highest BCUT2D eigenvalue weighted by Gasteiger charge is 2.28. The first-order valence-corrected chi connectivity index (χ1v) is 6.43. The van der Waals surface area contributed by atoms with Crippen LogP contribution in [0.5, 0.6) is 0 Å². The first-order valence-electron chi connectivity index (χ1n) is 6.43. The summed E-state index contributed by atoms with van der Waals surface area (Å²) in [6.07, 6.45) is 8.17. The van der Waals surface area contributed by atoms with Crippen LogP contribution < -0.4 is 5.73 Å². The maximum atomic E-state index is 11.6. The standard InChI is InChI=1S/C15H14N4O2/c1-9-2-4-17-8-12(9)13-6-11-10(7-18-13)3-5-19(21)14(11)15(16)20/h2-8,14,21H,1H3,(H2,16,20). The molecule has 0 spiro atoms. The molecule has 1 unspecified atom stereocenters. The summed E-state index contributed by atoms with van der Waals surface area (Å²) in [4.78, 5) is 20.1. The molecule has 2 aromatic rings. The number of aryl methyl sites for hydroxylation is 1. The van der Waals surface area contributed by atoms with E-state index in [1.807, 2.05) is 13.0 Å². The molecular weight excluding hydrogens is 268 g/mol. The lowest BCUT2D eigenvalue weighted by molar-refractivity contribution is -0.138. The SMILES string of the molecule is Cc1ccncc1-c1cc2c(cn1)C=CN(O)C2C(N)=O. The second-order valence-corrected chi connectivity index (χ2v) is 4.89. The van der Waals surface area contributed by atoms with Crippen LogP contribution in [0.4, 0.5) is 0 Å². The summed E-state index contributed by atoms with van der Waals surface area (Å²) in [6.45, 7) is 1.96. The van der Waals surface area contributed by atoms with Crippen molar-refractivity contribution >= 4 is 12.0 Å². The minimum Gasteiger partial charge on any atom is -0.367 e. The number of aromatic nitrogens is 2. The topological polar surface area (TPSA) is 92.3 Å². The van der Waals surface area contributed by atoms with Crippen LogP contribution in [0, 0.1) is 6.92 Å². The molecule has 1 aliphatic heterocycles. The van der Waals surface area contributed by atoms with Crippen molar-refractivity contribution in [2.24, 2.45) is 5.73 Å². The molecule has 0 saturated heterocycles. The van der Waals surface area contributed by atoms with Gasteiger partial charge in [0.1, 0.15) is 0 Å². The summed E-state index contributed by atoms with van der Waals surface area (Å²) in [5.41, 5.74) is 9.36. The third-order valence-electron chi connectivity index (χ3n) is 3.52. The Morgan fingerprint density at radius 3 is 2.95 bits per heavy atom. The van der Waals surface area contributed by atoms with Gasteiger partial charge in [-0.25, -0.2) is 5.06 Å². The summed E-state index contributed by atoms with van der Waals surface area (Å²) in [5.74, 6) is -0.622. The average Bonchev–Trinajstić information content (AvgIpc) is 2.46. The second kappa shape index (κ2) is 4.99. The lowest BCUT2D eigenvalue weighted by atomic mass is 9.96. The first kappa shape index (κ1) is 13.3. The number of hydrogen-bond donors (Lipinski definition) is 2. The maximum absolute atomic E-state index is 11.6. The number of hydroxylamine groups is 2. The van der Waals surface area contributed by atoms with Crippen LogP contribution in [-0.4, -0.2) is 26.1 Å². The Balaban J connectivity index is 2.15. The Bertz CT molecular complexity index is 742. The number of rotatable bonds is 2. The van der Waals surface area contributed by atoms with Gasteiger partial charge in [0.2, 0.25) is 5.91 Å². The molecule has 0 saturated carbocycles. The molecule has 0 fully saturated rings. The molecule has 2 aromatic heterocycles. The van der Waals surface area contributed by atoms with Crippen LogP contribution in [0.15, 0.2) is 36.9 Å². The van der Waals surface area contributed by atoms with E-state index >= 15 is 0 Å². The monoisotopic (exact) mass is 282 g/mol. The van der Waals surface area contributed by atoms with E-state index in [4.69, 9.17) is 5.73 Å². The van der Waals surface area contributed by atoms with E-state index in [0.717, 1.165) is 21.8 Å². The fourth-order valence-corrected chi connectivity index (χ4v) is 2.41. The highest BCUT2D eigenvalue weighted by Crippen LogP contribution is 2.31. The fraction of sp³-hybridized carbons (Fsp3) is 0.133. The molecule has 3 rings (SSSR count). The molecule has 0 aromatic carbocycles. The largest absolute Gasteiger partial charge is 0.367 e. The minimum atomic E-state index is -0.913. The molecule has 6 heteroatoms. The predicted octanol–water partition coefficient (Wildman–Crippen LogP) is 1.65. The predicted molar refractivity (Wildman–Crippen MR) is 76.8 cm³/mol. The zero-order valence-electron chi connectivity index (χ0n) is 11.4. The van der Waals surface area contributed by atoms with E-state index in [-0.39, 0.29) is 0 Å². The third kappa shape index (κ3) is 2.25. The van der Waals surface area contributed by atoms with Gasteiger partial charge in [-0.3, -0.25) is 20.0 Å². The molecule has 1 amide bonds. The third-order valence-corrected chi connectivity index (χ3v) is 3.52. The van der Waals surface area contributed by atoms with E-state index in [2.05, 4.69) is 9.97 Å². The van der Waals surface area contributed by atoms with E-state index in [1.165, 1.54) is 6.20 Å². The summed E-state index contributed by atoms with van der Waals surface area (Å²) in [6, 6.07) is 2.74. The average molecular weight is 282 g/mol. The number of nitrogens with two attached hydrogens (primary N) is 1. The van der Waals surface area contributed by atoms with Gasteiger partial charge < -0.3 is 5.73 Å². The quantitative estimate of drug-likeness (QED) is 0.873. The van der Waals surface area contributed by atoms with Crippen molar-refractivity contribution in [3.05, 3.63) is 53.6 Å². The van der Waals surface area contributed by atoms with E-state index < -0.39 is 11.9 Å². The molecule has 3 N–H and O–H groups in total. The van der Waals surface area contributed by atoms with Crippen molar-refractivity contribution in [3.63, 3.8) is 0 Å². The number of primary amides is 1. The van der Waals surface area contributed by atoms with Crippen molar-refractivity contribution < 1.29 is 10.0 Å². The van der Waals surface area contributed by atoms with Gasteiger partial charge in [-0.1, -0.05) is 0 Å². The van der Waals surface area contributed by atoms with Crippen LogP contribution in [0.1, 0.15) is 22.7 Å². The lowest BCUT2D eigenvalue weighted by Crippen LogP contribution is -2.34. The molecule has 1 atom stereocenters. The van der Waals surface area contributed by atoms with Gasteiger partial charge in [0.25, 0.3) is 0 Å². The minimum absolute atomic E-state index is 0.622. The number of carbonyl (C=O) groups is 1. The van der Waals surface area contributed by atoms with Crippen LogP contribution in [-0.2, 0) is 4.79 Å². The van der Waals surface area contributed by atoms with E-state index in [9.17, 15) is 10.0 Å². The van der Waals surface area contributed by atoms with Crippen molar-refractivity contribution in [3.8, 4) is 11.3 Å². The van der Waals surface area contributed by atoms with Gasteiger partial charge in [0, 0.05) is 35.9 Å². The van der Waals surface area contributed by atoms with Crippen LogP contribution >= 0.6 is 0 Å². The van der Waals surface area contributed by atoms with Crippen molar-refractivity contribution in [1.29, 1.82) is 0 Å². The van der Waals surface area contributed by atoms with Gasteiger partial charge in [0.15, 0.2) is 6.04 Å². The van der Waals surface area contributed by atoms with Gasteiger partial charge in [0.05, 0.1) is 5.69 Å². The van der Waals surface area contributed by atoms with Gasteiger partial charge in [-0.2, -0.15) is 0 Å². The van der Waals surface area contributed by atoms with E-state index in [1.54, 1.807) is 30.7 Å². The molecule has 6 nitrogen and oxygen atoms in total. The number of fused-ring (bicyclic) bond motifs is 1. The van der Waals surface area contributed by atoms with Crippen LogP contribution in [0.2, 0.25) is 0 Å². The molecule has 106 valence electrons. The Kier molecular flexibility index (Phi) is 3.15. The number of carbonyl (C=O) groups excluding carboxylic acids is 1. The summed E-state index contributed by atoms with van der Waals surface area (Å²) in [7, 11) is 0. The molecule has 1 aliphatic rings. The summed E-state index contributed by atoms with van der Waals surface area (Å²) < 4.78 is 0.